The van der Waals surface area contributed by atoms with E-state index in [0.717, 1.165) is 10.4 Å². The van der Waals surface area contributed by atoms with Crippen molar-refractivity contribution >= 4 is 16.8 Å². The van der Waals surface area contributed by atoms with Crippen LogP contribution in [-0.2, 0) is 0 Å². The summed E-state index contributed by atoms with van der Waals surface area (Å²) >= 11 is 0. The maximum absolute atomic E-state index is 12.0. The molecule has 3 heteroatoms. The molecule has 0 saturated heterocycles. The smallest absolute Gasteiger partial charge is 0.274 e. The van der Waals surface area contributed by atoms with Gasteiger partial charge in [-0.2, -0.15) is 0 Å². The van der Waals surface area contributed by atoms with Gasteiger partial charge in [0.2, 0.25) is 0 Å². The van der Waals surface area contributed by atoms with E-state index in [2.05, 4.69) is 12.3 Å². The Kier molecular flexibility index (Phi) is 2.30. The van der Waals surface area contributed by atoms with Gasteiger partial charge >= 0.3 is 0 Å². The van der Waals surface area contributed by atoms with Crippen molar-refractivity contribution in [3.63, 3.8) is 0 Å². The Bertz CT molecular complexity index is 623. The number of carbonyl (C=O) groups is 1. The number of H-pyrrole nitrogens is 1. The number of nitrogens with zero attached hydrogens (tertiary/aromatic N) is 1. The fourth-order valence-electron chi connectivity index (χ4n) is 1.51. The lowest BCUT2D eigenvalue weighted by Gasteiger charge is -2.08. The number of nitrogens with one attached hydrogen (secondary N) is 1. The van der Waals surface area contributed by atoms with Gasteiger partial charge in [-0.1, -0.05) is 24.8 Å². The van der Waals surface area contributed by atoms with Crippen LogP contribution in [0.5, 0.6) is 0 Å². The molecule has 0 aliphatic rings. The zero-order chi connectivity index (χ0) is 12.4. The summed E-state index contributed by atoms with van der Waals surface area (Å²) in [5.74, 6) is -0.257. The topological polar surface area (TPSA) is 36.1 Å². The second kappa shape index (κ2) is 4.09. The number of fused-ring (bicyclic) bond motifs is 1. The van der Waals surface area contributed by atoms with Gasteiger partial charge in [-0.15, -0.1) is 5.73 Å². The molecule has 0 aliphatic carbocycles. The van der Waals surface area contributed by atoms with Crippen molar-refractivity contribution in [2.45, 2.75) is 0 Å². The van der Waals surface area contributed by atoms with Gasteiger partial charge in [0, 0.05) is 24.2 Å². The Hall–Kier alpha value is -2.25. The number of hydrogen-bond acceptors (Lipinski definition) is 1. The molecule has 0 aliphatic heterocycles. The number of para-hydroxylation sites is 1. The van der Waals surface area contributed by atoms with Gasteiger partial charge in [0.15, 0.2) is 1.41 Å². The van der Waals surface area contributed by atoms with Crippen LogP contribution < -0.4 is 0 Å². The van der Waals surface area contributed by atoms with Crippen LogP contribution in [0.25, 0.3) is 10.9 Å². The molecule has 1 aromatic carbocycles. The van der Waals surface area contributed by atoms with Crippen molar-refractivity contribution in [2.24, 2.45) is 0 Å². The van der Waals surface area contributed by atoms with Crippen LogP contribution in [0.4, 0.5) is 0 Å². The largest absolute Gasteiger partial charge is 0.351 e. The van der Waals surface area contributed by atoms with E-state index in [0.29, 0.717) is 11.2 Å². The van der Waals surface area contributed by atoms with Gasteiger partial charge in [-0.05, 0) is 12.1 Å². The van der Waals surface area contributed by atoms with Gasteiger partial charge in [-0.3, -0.25) is 4.79 Å². The first-order valence-corrected chi connectivity index (χ1v) is 4.88. The van der Waals surface area contributed by atoms with Crippen molar-refractivity contribution in [3.05, 3.63) is 54.5 Å². The third kappa shape index (κ3) is 1.76. The molecule has 3 nitrogen and oxygen atoms in total. The molecule has 0 spiro atoms. The summed E-state index contributed by atoms with van der Waals surface area (Å²) in [6.45, 7) is 3.41. The Morgan fingerprint density at radius 2 is 2.38 bits per heavy atom. The number of benzene rings is 1. The van der Waals surface area contributed by atoms with Crippen LogP contribution in [0, 0.1) is 0 Å². The van der Waals surface area contributed by atoms with Gasteiger partial charge in [-0.25, -0.2) is 0 Å². The lowest BCUT2D eigenvalue weighted by molar-refractivity contribution is 0.0845. The van der Waals surface area contributed by atoms with E-state index in [1.54, 1.807) is 13.1 Å². The van der Waals surface area contributed by atoms with Crippen molar-refractivity contribution in [2.75, 3.05) is 7.05 Å². The summed E-state index contributed by atoms with van der Waals surface area (Å²) in [6.07, 6.45) is 1.44. The zero-order valence-electron chi connectivity index (χ0n) is 9.97. The third-order valence-electron chi connectivity index (χ3n) is 2.29. The predicted octanol–water partition coefficient (Wildman–Crippen LogP) is 2.54. The molecular formula is C13H12N2O. The van der Waals surface area contributed by atoms with Crippen LogP contribution in [0.1, 0.15) is 10.5 Å². The van der Waals surface area contributed by atoms with Gasteiger partial charge in [0.05, 0.1) is 0 Å². The minimum absolute atomic E-state index is 0.257. The molecule has 16 heavy (non-hydrogen) atoms. The molecule has 0 atom stereocenters. The normalized spacial score (nSPS) is 10.7. The van der Waals surface area contributed by atoms with Gasteiger partial charge in [0.1, 0.15) is 5.69 Å². The summed E-state index contributed by atoms with van der Waals surface area (Å²) in [4.78, 5) is 14.5. The highest BCUT2D eigenvalue weighted by Gasteiger charge is 2.11. The van der Waals surface area contributed by atoms with Crippen LogP contribution in [0.2, 0.25) is 1.41 Å². The van der Waals surface area contributed by atoms with E-state index in [1.165, 1.54) is 11.1 Å². The number of hydrogen-bond donors (Lipinski definition) is 1. The van der Waals surface area contributed by atoms with E-state index in [9.17, 15) is 4.79 Å². The summed E-state index contributed by atoms with van der Waals surface area (Å²) in [5.41, 5.74) is 3.57. The lowest BCUT2D eigenvalue weighted by atomic mass is 10.2. The highest BCUT2D eigenvalue weighted by atomic mass is 16.2. The van der Waals surface area contributed by atoms with E-state index < -0.39 is 0 Å². The average molecular weight is 213 g/mol. The minimum Gasteiger partial charge on any atom is -0.351 e. The SMILES string of the molecule is [2H]n1c(C(=O)N(C)C=C=C)cc2ccccc21. The highest BCUT2D eigenvalue weighted by molar-refractivity contribution is 5.98. The van der Waals surface area contributed by atoms with Crippen molar-refractivity contribution in [1.82, 2.24) is 9.88 Å². The second-order valence-corrected chi connectivity index (χ2v) is 3.45. The monoisotopic (exact) mass is 213 g/mol. The quantitative estimate of drug-likeness (QED) is 0.764. The fraction of sp³-hybridized carbons (Fsp3) is 0.0769. The molecule has 1 amide bonds. The van der Waals surface area contributed by atoms with E-state index >= 15 is 0 Å². The summed E-state index contributed by atoms with van der Waals surface area (Å²) in [7, 11) is 1.61. The Balaban J connectivity index is 2.52. The molecule has 0 fully saturated rings. The zero-order valence-corrected chi connectivity index (χ0v) is 8.97. The van der Waals surface area contributed by atoms with Crippen LogP contribution in [0.3, 0.4) is 0 Å². The molecule has 0 unspecified atom stereocenters. The first kappa shape index (κ1) is 9.01. The maximum atomic E-state index is 12.0. The number of aromatic amines is 1. The Morgan fingerprint density at radius 3 is 3.06 bits per heavy atom. The number of amides is 1. The summed E-state index contributed by atoms with van der Waals surface area (Å²) in [6, 6.07) is 9.11. The van der Waals surface area contributed by atoms with Crippen molar-refractivity contribution in [1.29, 1.82) is 0 Å². The number of carbonyl (C=O) groups excluding carboxylic acids is 1. The third-order valence-corrected chi connectivity index (χ3v) is 2.29. The van der Waals surface area contributed by atoms with Gasteiger partial charge < -0.3 is 9.88 Å². The molecule has 1 N–H and O–H groups in total. The first-order chi connectivity index (χ1) is 8.15. The summed E-state index contributed by atoms with van der Waals surface area (Å²) in [5, 5.41) is 0.877. The molecule has 2 rings (SSSR count). The Labute approximate surface area is 95.2 Å². The van der Waals surface area contributed by atoms with E-state index in [4.69, 9.17) is 1.41 Å². The van der Waals surface area contributed by atoms with Crippen molar-refractivity contribution in [3.8, 4) is 0 Å². The van der Waals surface area contributed by atoms with Crippen LogP contribution in [0.15, 0.2) is 48.8 Å². The average Bonchev–Trinajstić information content (AvgIpc) is 2.67. The molecule has 1 heterocycles. The van der Waals surface area contributed by atoms with Gasteiger partial charge in [0.25, 0.3) is 5.91 Å². The first-order valence-electron chi connectivity index (χ1n) is 5.32. The number of aromatic nitrogens is 1. The molecule has 0 saturated carbocycles. The molecule has 80 valence electrons. The Morgan fingerprint density at radius 1 is 1.62 bits per heavy atom. The second-order valence-electron chi connectivity index (χ2n) is 3.45. The fourth-order valence-corrected chi connectivity index (χ4v) is 1.51. The molecule has 1 aromatic heterocycles. The lowest BCUT2D eigenvalue weighted by Crippen LogP contribution is -2.20. The maximum Gasteiger partial charge on any atom is 0.274 e. The number of rotatable bonds is 2. The molecule has 0 radical (unpaired) electrons. The van der Waals surface area contributed by atoms with Crippen molar-refractivity contribution < 1.29 is 6.21 Å². The molecule has 0 bridgehead atoms. The highest BCUT2D eigenvalue weighted by Crippen LogP contribution is 2.15. The van der Waals surface area contributed by atoms with E-state index in [-0.39, 0.29) is 5.91 Å². The minimum atomic E-state index is -0.257. The molecular weight excluding hydrogens is 200 g/mol. The van der Waals surface area contributed by atoms with E-state index in [1.807, 2.05) is 24.3 Å². The standard InChI is InChI=1S/C13H12N2O/c1-3-8-15(2)13(16)12-9-10-6-4-5-7-11(10)14-12/h4-9,14H,1H2,2H3/i/hD. The van der Waals surface area contributed by atoms with Crippen LogP contribution in [-0.4, -0.2) is 22.8 Å². The predicted molar refractivity (Wildman–Crippen MR) is 64.1 cm³/mol. The van der Waals surface area contributed by atoms with Crippen LogP contribution >= 0.6 is 0 Å². The summed E-state index contributed by atoms with van der Waals surface area (Å²) < 4.78 is 7.89. The molecule has 2 aromatic rings.